The van der Waals surface area contributed by atoms with Crippen LogP contribution in [0, 0.1) is 12.7 Å². The Morgan fingerprint density at radius 2 is 2.05 bits per heavy atom. The van der Waals surface area contributed by atoms with E-state index >= 15 is 0 Å². The Bertz CT molecular complexity index is 795. The highest BCUT2D eigenvalue weighted by atomic mass is 32.1. The summed E-state index contributed by atoms with van der Waals surface area (Å²) in [6.45, 7) is 3.92. The SMILES string of the molecule is CCc1cc2c(N)nc(-c3ccc(C)cc3F)nc2s1. The molecule has 1 aromatic carbocycles. The van der Waals surface area contributed by atoms with Crippen LogP contribution in [0.15, 0.2) is 24.3 Å². The summed E-state index contributed by atoms with van der Waals surface area (Å²) in [5, 5.41) is 0.850. The topological polar surface area (TPSA) is 51.8 Å². The lowest BCUT2D eigenvalue weighted by atomic mass is 10.1. The number of rotatable bonds is 2. The number of nitrogen functional groups attached to an aromatic ring is 1. The van der Waals surface area contributed by atoms with Gasteiger partial charge in [0, 0.05) is 4.88 Å². The first-order valence-corrected chi connectivity index (χ1v) is 7.22. The molecule has 0 atom stereocenters. The van der Waals surface area contributed by atoms with E-state index in [1.54, 1.807) is 17.4 Å². The van der Waals surface area contributed by atoms with Gasteiger partial charge in [-0.15, -0.1) is 11.3 Å². The van der Waals surface area contributed by atoms with Crippen molar-refractivity contribution in [2.24, 2.45) is 0 Å². The fraction of sp³-hybridized carbons (Fsp3) is 0.200. The molecule has 0 saturated heterocycles. The van der Waals surface area contributed by atoms with Crippen LogP contribution in [0.3, 0.4) is 0 Å². The number of benzene rings is 1. The number of aryl methyl sites for hydroxylation is 2. The molecule has 0 bridgehead atoms. The van der Waals surface area contributed by atoms with Crippen LogP contribution < -0.4 is 5.73 Å². The van der Waals surface area contributed by atoms with E-state index in [0.29, 0.717) is 17.2 Å². The molecule has 0 aliphatic rings. The van der Waals surface area contributed by atoms with Crippen molar-refractivity contribution in [2.45, 2.75) is 20.3 Å². The minimum absolute atomic E-state index is 0.323. The van der Waals surface area contributed by atoms with Crippen LogP contribution >= 0.6 is 11.3 Å². The molecule has 5 heteroatoms. The Balaban J connectivity index is 2.21. The summed E-state index contributed by atoms with van der Waals surface area (Å²) >= 11 is 1.58. The van der Waals surface area contributed by atoms with Gasteiger partial charge in [0.25, 0.3) is 0 Å². The molecule has 0 aliphatic carbocycles. The lowest BCUT2D eigenvalue weighted by Gasteiger charge is -2.04. The van der Waals surface area contributed by atoms with Crippen LogP contribution in [-0.4, -0.2) is 9.97 Å². The molecule has 0 aliphatic heterocycles. The fourth-order valence-corrected chi connectivity index (χ4v) is 3.06. The maximum Gasteiger partial charge on any atom is 0.166 e. The Morgan fingerprint density at radius 3 is 2.75 bits per heavy atom. The standard InChI is InChI=1S/C15H14FN3S/c1-3-9-7-11-13(17)18-14(19-15(11)20-9)10-5-4-8(2)6-12(10)16/h4-7H,3H2,1-2H3,(H2,17,18,19). The van der Waals surface area contributed by atoms with Gasteiger partial charge < -0.3 is 5.73 Å². The van der Waals surface area contributed by atoms with Gasteiger partial charge >= 0.3 is 0 Å². The second-order valence-electron chi connectivity index (χ2n) is 4.70. The molecule has 102 valence electrons. The third-order valence-electron chi connectivity index (χ3n) is 3.19. The zero-order chi connectivity index (χ0) is 14.3. The lowest BCUT2D eigenvalue weighted by Crippen LogP contribution is -1.97. The van der Waals surface area contributed by atoms with Crippen molar-refractivity contribution in [1.82, 2.24) is 9.97 Å². The van der Waals surface area contributed by atoms with E-state index in [1.807, 2.05) is 19.1 Å². The average molecular weight is 287 g/mol. The van der Waals surface area contributed by atoms with Crippen molar-refractivity contribution in [2.75, 3.05) is 5.73 Å². The monoisotopic (exact) mass is 287 g/mol. The zero-order valence-corrected chi connectivity index (χ0v) is 12.1. The van der Waals surface area contributed by atoms with Gasteiger partial charge in [0.2, 0.25) is 0 Å². The summed E-state index contributed by atoms with van der Waals surface area (Å²) in [6, 6.07) is 7.02. The number of nitrogens with two attached hydrogens (primary N) is 1. The minimum atomic E-state index is -0.323. The maximum atomic E-state index is 14.0. The number of aromatic nitrogens is 2. The van der Waals surface area contributed by atoms with E-state index in [9.17, 15) is 4.39 Å². The number of fused-ring (bicyclic) bond motifs is 1. The van der Waals surface area contributed by atoms with Crippen LogP contribution in [0.5, 0.6) is 0 Å². The average Bonchev–Trinajstić information content (AvgIpc) is 2.82. The molecule has 3 aromatic rings. The number of thiophene rings is 1. The lowest BCUT2D eigenvalue weighted by molar-refractivity contribution is 0.629. The quantitative estimate of drug-likeness (QED) is 0.776. The summed E-state index contributed by atoms with van der Waals surface area (Å²) < 4.78 is 14.0. The molecular weight excluding hydrogens is 273 g/mol. The minimum Gasteiger partial charge on any atom is -0.383 e. The smallest absolute Gasteiger partial charge is 0.166 e. The van der Waals surface area contributed by atoms with Crippen molar-refractivity contribution in [3.63, 3.8) is 0 Å². The van der Waals surface area contributed by atoms with Crippen molar-refractivity contribution < 1.29 is 4.39 Å². The Hall–Kier alpha value is -2.01. The molecule has 0 spiro atoms. The molecule has 2 heterocycles. The van der Waals surface area contributed by atoms with Gasteiger partial charge in [0.15, 0.2) is 5.82 Å². The first-order chi connectivity index (χ1) is 9.58. The summed E-state index contributed by atoms with van der Waals surface area (Å²) in [5.74, 6) is 0.425. The first kappa shape index (κ1) is 13.0. The Labute approximate surface area is 120 Å². The van der Waals surface area contributed by atoms with Crippen LogP contribution in [-0.2, 0) is 6.42 Å². The number of halogens is 1. The summed E-state index contributed by atoms with van der Waals surface area (Å²) in [4.78, 5) is 10.7. The number of hydrogen-bond acceptors (Lipinski definition) is 4. The highest BCUT2D eigenvalue weighted by Gasteiger charge is 2.13. The number of hydrogen-bond donors (Lipinski definition) is 1. The molecule has 2 N–H and O–H groups in total. The predicted octanol–water partition coefficient (Wildman–Crippen LogP) is 3.95. The highest BCUT2D eigenvalue weighted by Crippen LogP contribution is 2.31. The van der Waals surface area contributed by atoms with Gasteiger partial charge in [0.1, 0.15) is 16.5 Å². The van der Waals surface area contributed by atoms with Gasteiger partial charge in [-0.1, -0.05) is 13.0 Å². The molecule has 20 heavy (non-hydrogen) atoms. The third kappa shape index (κ3) is 2.14. The molecule has 0 fully saturated rings. The summed E-state index contributed by atoms with van der Waals surface area (Å²) in [7, 11) is 0. The van der Waals surface area contributed by atoms with Crippen LogP contribution in [0.2, 0.25) is 0 Å². The van der Waals surface area contributed by atoms with Gasteiger partial charge in [-0.25, -0.2) is 14.4 Å². The number of anilines is 1. The van der Waals surface area contributed by atoms with Crippen LogP contribution in [0.25, 0.3) is 21.6 Å². The van der Waals surface area contributed by atoms with E-state index in [-0.39, 0.29) is 5.82 Å². The van der Waals surface area contributed by atoms with Crippen molar-refractivity contribution in [3.8, 4) is 11.4 Å². The van der Waals surface area contributed by atoms with Crippen LogP contribution in [0.1, 0.15) is 17.4 Å². The highest BCUT2D eigenvalue weighted by molar-refractivity contribution is 7.18. The van der Waals surface area contributed by atoms with E-state index in [0.717, 1.165) is 22.2 Å². The molecule has 0 saturated carbocycles. The van der Waals surface area contributed by atoms with Gasteiger partial charge in [-0.05, 0) is 37.1 Å². The molecule has 2 aromatic heterocycles. The molecule has 0 radical (unpaired) electrons. The van der Waals surface area contributed by atoms with E-state index in [4.69, 9.17) is 5.73 Å². The molecular formula is C15H14FN3S. The second kappa shape index (κ2) is 4.83. The summed E-state index contributed by atoms with van der Waals surface area (Å²) in [5.41, 5.74) is 7.23. The van der Waals surface area contributed by atoms with E-state index in [2.05, 4.69) is 16.9 Å². The molecule has 3 rings (SSSR count). The molecule has 3 nitrogen and oxygen atoms in total. The third-order valence-corrected chi connectivity index (χ3v) is 4.36. The zero-order valence-electron chi connectivity index (χ0n) is 11.3. The maximum absolute atomic E-state index is 14.0. The Morgan fingerprint density at radius 1 is 1.25 bits per heavy atom. The first-order valence-electron chi connectivity index (χ1n) is 6.41. The predicted molar refractivity (Wildman–Crippen MR) is 81.3 cm³/mol. The molecule has 0 amide bonds. The van der Waals surface area contributed by atoms with Gasteiger partial charge in [0.05, 0.1) is 10.9 Å². The van der Waals surface area contributed by atoms with E-state index in [1.165, 1.54) is 10.9 Å². The van der Waals surface area contributed by atoms with Gasteiger partial charge in [-0.2, -0.15) is 0 Å². The van der Waals surface area contributed by atoms with Crippen molar-refractivity contribution in [1.29, 1.82) is 0 Å². The van der Waals surface area contributed by atoms with Crippen LogP contribution in [0.4, 0.5) is 10.2 Å². The normalized spacial score (nSPS) is 11.2. The van der Waals surface area contributed by atoms with Gasteiger partial charge in [-0.3, -0.25) is 0 Å². The summed E-state index contributed by atoms with van der Waals surface area (Å²) in [6.07, 6.45) is 0.925. The fourth-order valence-electron chi connectivity index (χ4n) is 2.09. The van der Waals surface area contributed by atoms with E-state index < -0.39 is 0 Å². The second-order valence-corrected chi connectivity index (χ2v) is 5.82. The largest absolute Gasteiger partial charge is 0.383 e. The molecule has 0 unspecified atom stereocenters. The van der Waals surface area contributed by atoms with Crippen molar-refractivity contribution >= 4 is 27.4 Å². The van der Waals surface area contributed by atoms with Crippen molar-refractivity contribution in [3.05, 3.63) is 40.5 Å². The Kier molecular flexibility index (Phi) is 3.14. The number of nitrogens with zero attached hydrogens (tertiary/aromatic N) is 2.